The molecule has 1 aromatic heterocycles. The Morgan fingerprint density at radius 1 is 0.900 bits per heavy atom. The number of amides is 1. The Morgan fingerprint density at radius 3 is 2.17 bits per heavy atom. The van der Waals surface area contributed by atoms with E-state index < -0.39 is 0 Å². The molecule has 150 valence electrons. The maximum atomic E-state index is 12.9. The minimum Gasteiger partial charge on any atom is -0.441 e. The van der Waals surface area contributed by atoms with Crippen molar-refractivity contribution < 1.29 is 9.21 Å². The fourth-order valence-electron chi connectivity index (χ4n) is 3.48. The zero-order valence-electron chi connectivity index (χ0n) is 16.9. The van der Waals surface area contributed by atoms with Crippen LogP contribution in [-0.4, -0.2) is 10.9 Å². The Labute approximate surface area is 176 Å². The van der Waals surface area contributed by atoms with E-state index in [4.69, 9.17) is 4.42 Å². The molecule has 4 heteroatoms. The lowest BCUT2D eigenvalue weighted by molar-refractivity contribution is -0.121. The minimum atomic E-state index is -0.109. The van der Waals surface area contributed by atoms with Crippen LogP contribution in [0.1, 0.15) is 28.6 Å². The molecule has 0 spiro atoms. The monoisotopic (exact) mass is 396 g/mol. The van der Waals surface area contributed by atoms with Crippen molar-refractivity contribution in [3.63, 3.8) is 0 Å². The van der Waals surface area contributed by atoms with Crippen LogP contribution in [0.3, 0.4) is 0 Å². The van der Waals surface area contributed by atoms with E-state index >= 15 is 0 Å². The van der Waals surface area contributed by atoms with Gasteiger partial charge in [0.1, 0.15) is 5.76 Å². The molecule has 0 radical (unpaired) electrons. The highest BCUT2D eigenvalue weighted by Crippen LogP contribution is 2.23. The van der Waals surface area contributed by atoms with Gasteiger partial charge in [0.2, 0.25) is 11.8 Å². The first-order chi connectivity index (χ1) is 14.7. The van der Waals surface area contributed by atoms with Gasteiger partial charge in [0.25, 0.3) is 0 Å². The van der Waals surface area contributed by atoms with Gasteiger partial charge in [-0.1, -0.05) is 78.9 Å². The summed E-state index contributed by atoms with van der Waals surface area (Å²) in [5.41, 5.74) is 3.82. The van der Waals surface area contributed by atoms with Crippen LogP contribution >= 0.6 is 0 Å². The van der Waals surface area contributed by atoms with E-state index in [2.05, 4.69) is 22.4 Å². The maximum Gasteiger partial charge on any atom is 0.226 e. The summed E-state index contributed by atoms with van der Waals surface area (Å²) in [6.07, 6.45) is 0.907. The molecule has 0 aliphatic rings. The summed E-state index contributed by atoms with van der Waals surface area (Å²) < 4.78 is 5.80. The number of hydrogen-bond acceptors (Lipinski definition) is 3. The first-order valence-corrected chi connectivity index (χ1v) is 10.1. The Bertz CT molecular complexity index is 1090. The topological polar surface area (TPSA) is 55.1 Å². The number of benzene rings is 3. The van der Waals surface area contributed by atoms with Gasteiger partial charge in [-0.3, -0.25) is 4.79 Å². The number of rotatable bonds is 7. The van der Waals surface area contributed by atoms with Crippen molar-refractivity contribution in [2.75, 3.05) is 0 Å². The van der Waals surface area contributed by atoms with Crippen LogP contribution in [0, 0.1) is 6.92 Å². The van der Waals surface area contributed by atoms with Crippen LogP contribution in [0.25, 0.3) is 11.5 Å². The third-order valence-electron chi connectivity index (χ3n) is 5.06. The number of aryl methyl sites for hydroxylation is 1. The number of carbonyl (C=O) groups is 1. The van der Waals surface area contributed by atoms with Gasteiger partial charge in [-0.2, -0.15) is 0 Å². The highest BCUT2D eigenvalue weighted by atomic mass is 16.4. The molecule has 4 rings (SSSR count). The van der Waals surface area contributed by atoms with Crippen molar-refractivity contribution in [2.24, 2.45) is 0 Å². The number of nitrogens with one attached hydrogen (secondary N) is 1. The molecule has 1 amide bonds. The van der Waals surface area contributed by atoms with Gasteiger partial charge in [0.15, 0.2) is 0 Å². The Balaban J connectivity index is 1.50. The lowest BCUT2D eigenvalue weighted by atomic mass is 9.98. The van der Waals surface area contributed by atoms with Crippen molar-refractivity contribution in [2.45, 2.75) is 25.8 Å². The average Bonchev–Trinajstić information content (AvgIpc) is 3.15. The molecule has 0 aliphatic heterocycles. The van der Waals surface area contributed by atoms with Crippen molar-refractivity contribution in [3.8, 4) is 11.5 Å². The van der Waals surface area contributed by atoms with Crippen LogP contribution in [0.4, 0.5) is 0 Å². The van der Waals surface area contributed by atoms with E-state index in [9.17, 15) is 4.79 Å². The number of hydrogen-bond donors (Lipinski definition) is 1. The van der Waals surface area contributed by atoms with Gasteiger partial charge < -0.3 is 9.73 Å². The highest BCUT2D eigenvalue weighted by Gasteiger charge is 2.19. The van der Waals surface area contributed by atoms with Gasteiger partial charge in [-0.15, -0.1) is 0 Å². The maximum absolute atomic E-state index is 12.9. The fourth-order valence-corrected chi connectivity index (χ4v) is 3.48. The summed E-state index contributed by atoms with van der Waals surface area (Å²) in [5.74, 6) is 1.14. The van der Waals surface area contributed by atoms with E-state index in [0.717, 1.165) is 17.5 Å². The van der Waals surface area contributed by atoms with Crippen molar-refractivity contribution in [1.82, 2.24) is 10.3 Å². The second-order valence-electron chi connectivity index (χ2n) is 7.29. The second kappa shape index (κ2) is 9.23. The number of oxazole rings is 1. The number of nitrogens with zero attached hydrogens (tertiary/aromatic N) is 1. The molecule has 0 saturated heterocycles. The van der Waals surface area contributed by atoms with Crippen molar-refractivity contribution in [3.05, 3.63) is 114 Å². The molecule has 30 heavy (non-hydrogen) atoms. The van der Waals surface area contributed by atoms with E-state index in [1.165, 1.54) is 5.56 Å². The molecule has 1 heterocycles. The van der Waals surface area contributed by atoms with Gasteiger partial charge >= 0.3 is 0 Å². The predicted octanol–water partition coefficient (Wildman–Crippen LogP) is 5.29. The fraction of sp³-hybridized carbons (Fsp3) is 0.154. The third-order valence-corrected chi connectivity index (χ3v) is 5.06. The average molecular weight is 396 g/mol. The Morgan fingerprint density at radius 2 is 1.50 bits per heavy atom. The first kappa shape index (κ1) is 19.6. The van der Waals surface area contributed by atoms with Crippen LogP contribution < -0.4 is 5.32 Å². The molecule has 0 fully saturated rings. The summed E-state index contributed by atoms with van der Waals surface area (Å²) in [6.45, 7) is 1.85. The quantitative estimate of drug-likeness (QED) is 0.462. The molecular weight excluding hydrogens is 372 g/mol. The van der Waals surface area contributed by atoms with Crippen LogP contribution in [0.2, 0.25) is 0 Å². The summed E-state index contributed by atoms with van der Waals surface area (Å²) in [7, 11) is 0. The van der Waals surface area contributed by atoms with Gasteiger partial charge in [-0.25, -0.2) is 4.98 Å². The largest absolute Gasteiger partial charge is 0.441 e. The van der Waals surface area contributed by atoms with E-state index in [0.29, 0.717) is 17.3 Å². The van der Waals surface area contributed by atoms with E-state index in [1.807, 2.05) is 85.8 Å². The first-order valence-electron chi connectivity index (χ1n) is 10.1. The summed E-state index contributed by atoms with van der Waals surface area (Å²) in [6, 6.07) is 29.9. The van der Waals surface area contributed by atoms with Crippen molar-refractivity contribution >= 4 is 5.91 Å². The highest BCUT2D eigenvalue weighted by molar-refractivity contribution is 5.79. The Hall–Kier alpha value is -3.66. The molecule has 0 aliphatic carbocycles. The zero-order valence-corrected chi connectivity index (χ0v) is 16.9. The van der Waals surface area contributed by atoms with Crippen LogP contribution in [0.15, 0.2) is 95.4 Å². The van der Waals surface area contributed by atoms with Gasteiger partial charge in [0, 0.05) is 5.56 Å². The van der Waals surface area contributed by atoms with Crippen LogP contribution in [-0.2, 0) is 17.6 Å². The second-order valence-corrected chi connectivity index (χ2v) is 7.29. The van der Waals surface area contributed by atoms with Crippen LogP contribution in [0.5, 0.6) is 0 Å². The van der Waals surface area contributed by atoms with Crippen molar-refractivity contribution in [1.29, 1.82) is 0 Å². The summed E-state index contributed by atoms with van der Waals surface area (Å²) in [4.78, 5) is 17.4. The molecule has 0 unspecified atom stereocenters. The minimum absolute atomic E-state index is 0.0733. The van der Waals surface area contributed by atoms with Gasteiger partial charge in [0.05, 0.1) is 18.2 Å². The molecule has 0 saturated carbocycles. The van der Waals surface area contributed by atoms with Gasteiger partial charge in [-0.05, 0) is 36.6 Å². The predicted molar refractivity (Wildman–Crippen MR) is 118 cm³/mol. The summed E-state index contributed by atoms with van der Waals surface area (Å²) in [5, 5.41) is 3.19. The van der Waals surface area contributed by atoms with E-state index in [-0.39, 0.29) is 18.4 Å². The molecular formula is C26H24N2O2. The molecule has 1 N–H and O–H groups in total. The van der Waals surface area contributed by atoms with E-state index in [1.54, 1.807) is 0 Å². The SMILES string of the molecule is Cc1oc(-c2ccccc2)nc1CC(=O)N[C@@H](Cc1ccccc1)c1ccccc1. The number of aromatic nitrogens is 1. The third kappa shape index (κ3) is 4.84. The Kier molecular flexibility index (Phi) is 6.04. The molecule has 0 bridgehead atoms. The zero-order chi connectivity index (χ0) is 20.8. The normalized spacial score (nSPS) is 11.8. The lowest BCUT2D eigenvalue weighted by Crippen LogP contribution is -2.31. The number of carbonyl (C=O) groups excluding carboxylic acids is 1. The molecule has 1 atom stereocenters. The molecule has 4 nitrogen and oxygen atoms in total. The summed E-state index contributed by atoms with van der Waals surface area (Å²) >= 11 is 0. The molecule has 4 aromatic rings. The lowest BCUT2D eigenvalue weighted by Gasteiger charge is -2.19. The smallest absolute Gasteiger partial charge is 0.226 e. The molecule has 3 aromatic carbocycles. The standard InChI is InChI=1S/C26H24N2O2/c1-19-23(28-26(30-19)22-15-9-4-10-16-22)18-25(29)27-24(21-13-7-3-8-14-21)17-20-11-5-2-6-12-20/h2-16,24H,17-18H2,1H3,(H,27,29)/t24-/m0/s1.